The van der Waals surface area contributed by atoms with Gasteiger partial charge in [0.2, 0.25) is 5.95 Å². The summed E-state index contributed by atoms with van der Waals surface area (Å²) in [6, 6.07) is 5.32. The Hall–Kier alpha value is -3.36. The van der Waals surface area contributed by atoms with E-state index in [9.17, 15) is 12.8 Å². The zero-order valence-corrected chi connectivity index (χ0v) is 23.5. The lowest BCUT2D eigenvalue weighted by Crippen LogP contribution is -2.50. The highest BCUT2D eigenvalue weighted by Gasteiger charge is 2.39. The van der Waals surface area contributed by atoms with Crippen LogP contribution in [0.5, 0.6) is 11.5 Å². The van der Waals surface area contributed by atoms with Crippen molar-refractivity contribution in [2.24, 2.45) is 0 Å². The minimum absolute atomic E-state index is 0.127. The Kier molecular flexibility index (Phi) is 8.47. The zero-order valence-electron chi connectivity index (χ0n) is 22.7. The van der Waals surface area contributed by atoms with Crippen molar-refractivity contribution in [1.29, 1.82) is 0 Å². The van der Waals surface area contributed by atoms with E-state index >= 15 is 0 Å². The van der Waals surface area contributed by atoms with Crippen LogP contribution >= 0.6 is 0 Å². The predicted octanol–water partition coefficient (Wildman–Crippen LogP) is 2.66. The molecule has 0 amide bonds. The second-order valence-electron chi connectivity index (χ2n) is 9.67. The van der Waals surface area contributed by atoms with Crippen LogP contribution in [-0.4, -0.2) is 85.0 Å². The van der Waals surface area contributed by atoms with Crippen molar-refractivity contribution < 1.29 is 31.8 Å². The van der Waals surface area contributed by atoms with Gasteiger partial charge in [-0.3, -0.25) is 4.57 Å². The van der Waals surface area contributed by atoms with E-state index < -0.39 is 26.7 Å². The van der Waals surface area contributed by atoms with Gasteiger partial charge in [-0.1, -0.05) is 6.07 Å². The Morgan fingerprint density at radius 2 is 1.82 bits per heavy atom. The quantitative estimate of drug-likeness (QED) is 0.353. The van der Waals surface area contributed by atoms with E-state index in [4.69, 9.17) is 18.9 Å². The van der Waals surface area contributed by atoms with E-state index in [1.807, 2.05) is 6.92 Å². The molecule has 0 saturated carbocycles. The highest BCUT2D eigenvalue weighted by Crippen LogP contribution is 2.38. The number of ether oxygens (including phenoxy) is 4. The number of anilines is 1. The molecule has 2 saturated heterocycles. The van der Waals surface area contributed by atoms with Crippen LogP contribution in [0.1, 0.15) is 43.9 Å². The second-order valence-corrected chi connectivity index (χ2v) is 12.0. The van der Waals surface area contributed by atoms with Gasteiger partial charge in [0.25, 0.3) is 0 Å². The summed E-state index contributed by atoms with van der Waals surface area (Å²) < 4.78 is 66.2. The van der Waals surface area contributed by atoms with Gasteiger partial charge in [-0.05, 0) is 38.3 Å². The lowest BCUT2D eigenvalue weighted by molar-refractivity contribution is 0.0531. The molecule has 0 aliphatic carbocycles. The Bertz CT molecular complexity index is 1390. The van der Waals surface area contributed by atoms with Crippen LogP contribution in [0.3, 0.4) is 0 Å². The largest absolute Gasteiger partial charge is 0.494 e. The molecule has 1 aromatic carbocycles. The fourth-order valence-electron chi connectivity index (χ4n) is 5.26. The number of rotatable bonds is 10. The topological polar surface area (TPSA) is 131 Å². The van der Waals surface area contributed by atoms with Gasteiger partial charge < -0.3 is 23.8 Å². The van der Waals surface area contributed by atoms with E-state index in [-0.39, 0.29) is 30.5 Å². The van der Waals surface area contributed by atoms with Gasteiger partial charge in [0.05, 0.1) is 38.0 Å². The summed E-state index contributed by atoms with van der Waals surface area (Å²) in [4.78, 5) is 9.83. The van der Waals surface area contributed by atoms with Gasteiger partial charge >= 0.3 is 0 Å². The molecule has 12 nitrogen and oxygen atoms in total. The Morgan fingerprint density at radius 1 is 1.10 bits per heavy atom. The van der Waals surface area contributed by atoms with E-state index in [1.165, 1.54) is 14.2 Å². The third-order valence-corrected chi connectivity index (χ3v) is 9.12. The van der Waals surface area contributed by atoms with E-state index in [2.05, 4.69) is 20.2 Å². The molecule has 2 fully saturated rings. The number of nitrogens with zero attached hydrogens (tertiary/aromatic N) is 6. The van der Waals surface area contributed by atoms with Crippen LogP contribution in [0.15, 0.2) is 30.6 Å². The van der Waals surface area contributed by atoms with Gasteiger partial charge in [0.15, 0.2) is 27.3 Å². The van der Waals surface area contributed by atoms with Gasteiger partial charge in [-0.15, -0.1) is 10.2 Å². The molecule has 216 valence electrons. The minimum atomic E-state index is -3.81. The monoisotopic (exact) mass is 576 g/mol. The summed E-state index contributed by atoms with van der Waals surface area (Å²) in [6.07, 6.45) is 3.28. The molecule has 3 aromatic rings. The average molecular weight is 577 g/mol. The molecule has 0 unspecified atom stereocenters. The number of benzene rings is 1. The molecule has 2 aliphatic rings. The van der Waals surface area contributed by atoms with Crippen molar-refractivity contribution in [3.05, 3.63) is 48.1 Å². The average Bonchev–Trinajstić information content (AvgIpc) is 3.63. The Labute approximate surface area is 232 Å². The highest BCUT2D eigenvalue weighted by atomic mass is 32.2. The molecule has 0 radical (unpaired) electrons. The van der Waals surface area contributed by atoms with Crippen molar-refractivity contribution in [3.63, 3.8) is 0 Å². The number of hydrogen-bond acceptors (Lipinski definition) is 11. The molecule has 0 N–H and O–H groups in total. The van der Waals surface area contributed by atoms with Gasteiger partial charge in [-0.25, -0.2) is 22.8 Å². The molecule has 2 aromatic heterocycles. The molecule has 2 aliphatic heterocycles. The molecule has 14 heteroatoms. The number of sulfone groups is 1. The van der Waals surface area contributed by atoms with Crippen LogP contribution in [0, 0.1) is 5.82 Å². The van der Waals surface area contributed by atoms with Crippen molar-refractivity contribution in [3.8, 4) is 17.2 Å². The summed E-state index contributed by atoms with van der Waals surface area (Å²) >= 11 is 0. The molecule has 5 rings (SSSR count). The van der Waals surface area contributed by atoms with Gasteiger partial charge in [0, 0.05) is 26.3 Å². The summed E-state index contributed by atoms with van der Waals surface area (Å²) in [5.74, 6) is 0.943. The number of para-hydroxylation sites is 1. The Balaban J connectivity index is 1.52. The molecular formula is C26H33FN6O6S. The third-order valence-electron chi connectivity index (χ3n) is 7.10. The number of hydrogen-bond donors (Lipinski definition) is 0. The number of methoxy groups -OCH3 is 2. The summed E-state index contributed by atoms with van der Waals surface area (Å²) in [5.41, 5.74) is 0.505. The van der Waals surface area contributed by atoms with Crippen LogP contribution < -0.4 is 14.4 Å². The number of halogens is 1. The molecule has 4 heterocycles. The van der Waals surface area contributed by atoms with Gasteiger partial charge in [-0.2, -0.15) is 0 Å². The lowest BCUT2D eigenvalue weighted by Gasteiger charge is -2.37. The fraction of sp³-hybridized carbons (Fsp3) is 0.538. The third kappa shape index (κ3) is 5.74. The molecule has 40 heavy (non-hydrogen) atoms. The maximum atomic E-state index is 14.0. The first-order valence-corrected chi connectivity index (χ1v) is 14.9. The Morgan fingerprint density at radius 3 is 2.45 bits per heavy atom. The zero-order chi connectivity index (χ0) is 28.3. The first-order valence-electron chi connectivity index (χ1n) is 13.2. The van der Waals surface area contributed by atoms with Crippen LogP contribution in [0.2, 0.25) is 0 Å². The number of aromatic nitrogens is 5. The lowest BCUT2D eigenvalue weighted by atomic mass is 10.1. The molecular weight excluding hydrogens is 543 g/mol. The van der Waals surface area contributed by atoms with E-state index in [0.717, 1.165) is 25.2 Å². The van der Waals surface area contributed by atoms with Crippen LogP contribution in [0.4, 0.5) is 10.3 Å². The van der Waals surface area contributed by atoms with E-state index in [1.54, 1.807) is 27.7 Å². The minimum Gasteiger partial charge on any atom is -0.494 e. The highest BCUT2D eigenvalue weighted by molar-refractivity contribution is 7.91. The number of piperidine rings is 1. The van der Waals surface area contributed by atoms with Crippen molar-refractivity contribution in [2.75, 3.05) is 45.4 Å². The van der Waals surface area contributed by atoms with Crippen molar-refractivity contribution in [2.45, 2.75) is 49.4 Å². The summed E-state index contributed by atoms with van der Waals surface area (Å²) in [7, 11) is -0.745. The molecule has 3 atom stereocenters. The smallest absolute Gasteiger partial charge is 0.225 e. The summed E-state index contributed by atoms with van der Waals surface area (Å²) in [6.45, 7) is 3.37. The maximum absolute atomic E-state index is 14.0. The standard InChI is InChI=1S/C26H33FN6O6S/c1-4-38-18-11-19(15-32(14-18)26-28-12-17(27)13-29-26)40(34,35)16-23-30-31-25(22-9-6-10-39-22)33(23)24-20(36-2)7-5-8-21(24)37-3/h5,7-8,12-13,18-19,22H,4,6,9-11,14-16H2,1-3H3/t18-,19+,22-/m1/s1. The van der Waals surface area contributed by atoms with Crippen molar-refractivity contribution >= 4 is 15.8 Å². The predicted molar refractivity (Wildman–Crippen MR) is 143 cm³/mol. The van der Waals surface area contributed by atoms with Crippen LogP contribution in [0.25, 0.3) is 5.69 Å². The summed E-state index contributed by atoms with van der Waals surface area (Å²) in [5, 5.41) is 7.92. The first-order chi connectivity index (χ1) is 19.3. The van der Waals surface area contributed by atoms with E-state index in [0.29, 0.717) is 49.2 Å². The first kappa shape index (κ1) is 28.2. The maximum Gasteiger partial charge on any atom is 0.225 e. The molecule has 0 bridgehead atoms. The normalized spacial score (nSPS) is 21.5. The fourth-order valence-corrected chi connectivity index (χ4v) is 6.96. The second kappa shape index (κ2) is 12.0. The molecule has 0 spiro atoms. The van der Waals surface area contributed by atoms with Crippen molar-refractivity contribution in [1.82, 2.24) is 24.7 Å². The van der Waals surface area contributed by atoms with Crippen LogP contribution in [-0.2, 0) is 25.1 Å². The van der Waals surface area contributed by atoms with Gasteiger partial charge in [0.1, 0.15) is 29.0 Å². The SMILES string of the molecule is CCO[C@@H]1C[C@H](S(=O)(=O)Cc2nnc([C@H]3CCCO3)n2-c2c(OC)cccc2OC)CN(c2ncc(F)cn2)C1.